The molecule has 94 valence electrons. The first-order chi connectivity index (χ1) is 7.79. The Morgan fingerprint density at radius 2 is 2.06 bits per heavy atom. The predicted molar refractivity (Wildman–Crippen MR) is 72.1 cm³/mol. The maximum Gasteiger partial charge on any atom is 0.426 e. The van der Waals surface area contributed by atoms with Gasteiger partial charge in [0.2, 0.25) is 0 Å². The van der Waals surface area contributed by atoms with E-state index in [1.807, 2.05) is 0 Å². The fourth-order valence-electron chi connectivity index (χ4n) is 1.02. The van der Waals surface area contributed by atoms with Crippen molar-refractivity contribution in [3.05, 3.63) is 27.7 Å². The Kier molecular flexibility index (Phi) is 4.65. The van der Waals surface area contributed by atoms with Gasteiger partial charge < -0.3 is 4.74 Å². The number of rotatable bonds is 2. The smallest absolute Gasteiger partial charge is 0.426 e. The molecule has 0 saturated heterocycles. The molecule has 0 aromatic heterocycles. The third-order valence-corrected chi connectivity index (χ3v) is 3.05. The van der Waals surface area contributed by atoms with Gasteiger partial charge in [-0.25, -0.2) is 10.2 Å². The predicted octanol–water partition coefficient (Wildman–Crippen LogP) is 3.95. The van der Waals surface area contributed by atoms with Gasteiger partial charge in [-0.1, -0.05) is 17.7 Å². The number of hydrogen-bond acceptors (Lipinski definition) is 3. The van der Waals surface area contributed by atoms with Crippen LogP contribution in [0.15, 0.2) is 22.7 Å². The van der Waals surface area contributed by atoms with Gasteiger partial charge in [0.15, 0.2) is 0 Å². The van der Waals surface area contributed by atoms with Crippen LogP contribution in [-0.4, -0.2) is 11.7 Å². The minimum Gasteiger partial charge on any atom is -0.443 e. The number of benzene rings is 1. The molecule has 0 bridgehead atoms. The van der Waals surface area contributed by atoms with Crippen LogP contribution in [0.3, 0.4) is 0 Å². The Labute approximate surface area is 114 Å². The molecule has 0 spiro atoms. The standard InChI is InChI=1S/C11H14BrClN2O2/c1-11(2,3)17-10(16)15-14-8-6-4-5-7(13)9(8)12/h4-6,14H,1-3H3,(H,15,16). The number of hydrogen-bond donors (Lipinski definition) is 2. The Bertz CT molecular complexity index is 418. The van der Waals surface area contributed by atoms with Crippen molar-refractivity contribution in [3.63, 3.8) is 0 Å². The summed E-state index contributed by atoms with van der Waals surface area (Å²) >= 11 is 9.21. The third-order valence-electron chi connectivity index (χ3n) is 1.65. The molecule has 0 unspecified atom stereocenters. The van der Waals surface area contributed by atoms with E-state index in [1.165, 1.54) is 0 Å². The number of carbonyl (C=O) groups excluding carboxylic acids is 1. The number of anilines is 1. The van der Waals surface area contributed by atoms with Gasteiger partial charge in [-0.15, -0.1) is 0 Å². The van der Waals surface area contributed by atoms with Crippen LogP contribution in [0, 0.1) is 0 Å². The van der Waals surface area contributed by atoms with E-state index in [2.05, 4.69) is 26.8 Å². The van der Waals surface area contributed by atoms with Crippen molar-refractivity contribution >= 4 is 39.3 Å². The zero-order chi connectivity index (χ0) is 13.1. The van der Waals surface area contributed by atoms with E-state index >= 15 is 0 Å². The number of halogens is 2. The molecule has 0 heterocycles. The molecule has 2 N–H and O–H groups in total. The first kappa shape index (κ1) is 14.1. The van der Waals surface area contributed by atoms with E-state index in [0.717, 1.165) is 0 Å². The topological polar surface area (TPSA) is 50.4 Å². The summed E-state index contributed by atoms with van der Waals surface area (Å²) in [7, 11) is 0. The van der Waals surface area contributed by atoms with Crippen LogP contribution in [0.5, 0.6) is 0 Å². The average molecular weight is 322 g/mol. The Hall–Kier alpha value is -0.940. The van der Waals surface area contributed by atoms with Gasteiger partial charge in [-0.2, -0.15) is 0 Å². The molecule has 1 amide bonds. The second kappa shape index (κ2) is 5.60. The van der Waals surface area contributed by atoms with Crippen LogP contribution >= 0.6 is 27.5 Å². The summed E-state index contributed by atoms with van der Waals surface area (Å²) in [5.74, 6) is 0. The Morgan fingerprint density at radius 1 is 1.41 bits per heavy atom. The summed E-state index contributed by atoms with van der Waals surface area (Å²) in [6.07, 6.45) is -0.552. The van der Waals surface area contributed by atoms with Crippen molar-refractivity contribution in [2.24, 2.45) is 0 Å². The largest absolute Gasteiger partial charge is 0.443 e. The molecule has 4 nitrogen and oxygen atoms in total. The van der Waals surface area contributed by atoms with E-state index in [9.17, 15) is 4.79 Å². The highest BCUT2D eigenvalue weighted by Crippen LogP contribution is 2.29. The maximum absolute atomic E-state index is 11.4. The lowest BCUT2D eigenvalue weighted by Crippen LogP contribution is -2.35. The first-order valence-electron chi connectivity index (χ1n) is 4.98. The summed E-state index contributed by atoms with van der Waals surface area (Å²) in [5, 5.41) is 0.556. The number of nitrogens with one attached hydrogen (secondary N) is 2. The normalized spacial score (nSPS) is 10.9. The van der Waals surface area contributed by atoms with Crippen LogP contribution in [0.1, 0.15) is 20.8 Å². The number of ether oxygens (including phenoxy) is 1. The van der Waals surface area contributed by atoms with Gasteiger partial charge in [0, 0.05) is 0 Å². The lowest BCUT2D eigenvalue weighted by atomic mass is 10.2. The van der Waals surface area contributed by atoms with Crippen LogP contribution in [0.2, 0.25) is 5.02 Å². The van der Waals surface area contributed by atoms with Crippen LogP contribution < -0.4 is 10.9 Å². The van der Waals surface area contributed by atoms with Gasteiger partial charge in [0.25, 0.3) is 0 Å². The van der Waals surface area contributed by atoms with Crippen molar-refractivity contribution in [3.8, 4) is 0 Å². The van der Waals surface area contributed by atoms with Gasteiger partial charge in [0.05, 0.1) is 15.2 Å². The lowest BCUT2D eigenvalue weighted by molar-refractivity contribution is 0.0541. The van der Waals surface area contributed by atoms with Crippen molar-refractivity contribution in [1.82, 2.24) is 5.43 Å². The summed E-state index contributed by atoms with van der Waals surface area (Å²) in [6.45, 7) is 5.38. The Morgan fingerprint density at radius 3 is 2.65 bits per heavy atom. The molecule has 0 aliphatic heterocycles. The average Bonchev–Trinajstić information content (AvgIpc) is 2.18. The second-order valence-corrected chi connectivity index (χ2v) is 5.55. The zero-order valence-electron chi connectivity index (χ0n) is 9.80. The highest BCUT2D eigenvalue weighted by molar-refractivity contribution is 9.10. The molecule has 17 heavy (non-hydrogen) atoms. The first-order valence-corrected chi connectivity index (χ1v) is 6.16. The fraction of sp³-hybridized carbons (Fsp3) is 0.364. The van der Waals surface area contributed by atoms with E-state index in [-0.39, 0.29) is 0 Å². The molecule has 0 atom stereocenters. The summed E-state index contributed by atoms with van der Waals surface area (Å²) in [4.78, 5) is 11.4. The lowest BCUT2D eigenvalue weighted by Gasteiger charge is -2.20. The number of carbonyl (C=O) groups is 1. The van der Waals surface area contributed by atoms with Crippen molar-refractivity contribution in [1.29, 1.82) is 0 Å². The van der Waals surface area contributed by atoms with Gasteiger partial charge >= 0.3 is 6.09 Å². The molecular formula is C11H14BrClN2O2. The number of hydrazine groups is 1. The van der Waals surface area contributed by atoms with Crippen LogP contribution in [0.25, 0.3) is 0 Å². The summed E-state index contributed by atoms with van der Waals surface area (Å²) in [6, 6.07) is 5.28. The zero-order valence-corrected chi connectivity index (χ0v) is 12.1. The minimum absolute atomic E-state index is 0.530. The summed E-state index contributed by atoms with van der Waals surface area (Å²) in [5.41, 5.74) is 5.27. The molecule has 0 saturated carbocycles. The Balaban J connectivity index is 2.56. The molecule has 0 aliphatic rings. The molecule has 0 aliphatic carbocycles. The number of amides is 1. The highest BCUT2D eigenvalue weighted by Gasteiger charge is 2.16. The molecule has 6 heteroatoms. The van der Waals surface area contributed by atoms with E-state index in [0.29, 0.717) is 15.2 Å². The van der Waals surface area contributed by atoms with Gasteiger partial charge in [0.1, 0.15) is 5.60 Å². The summed E-state index contributed by atoms with van der Waals surface area (Å²) < 4.78 is 5.75. The van der Waals surface area contributed by atoms with E-state index in [1.54, 1.807) is 39.0 Å². The van der Waals surface area contributed by atoms with E-state index < -0.39 is 11.7 Å². The van der Waals surface area contributed by atoms with Crippen LogP contribution in [-0.2, 0) is 4.74 Å². The van der Waals surface area contributed by atoms with Gasteiger partial charge in [-0.05, 0) is 48.8 Å². The molecule has 0 fully saturated rings. The van der Waals surface area contributed by atoms with Gasteiger partial charge in [-0.3, -0.25) is 5.43 Å². The van der Waals surface area contributed by atoms with Crippen molar-refractivity contribution in [2.75, 3.05) is 5.43 Å². The quantitative estimate of drug-likeness (QED) is 0.811. The maximum atomic E-state index is 11.4. The fourth-order valence-corrected chi connectivity index (χ4v) is 1.56. The highest BCUT2D eigenvalue weighted by atomic mass is 79.9. The van der Waals surface area contributed by atoms with E-state index in [4.69, 9.17) is 16.3 Å². The minimum atomic E-state index is -0.552. The second-order valence-electron chi connectivity index (χ2n) is 4.35. The third kappa shape index (κ3) is 4.83. The molecule has 0 radical (unpaired) electrons. The molecule has 1 aromatic rings. The SMILES string of the molecule is CC(C)(C)OC(=O)NNc1cccc(Cl)c1Br. The van der Waals surface area contributed by atoms with Crippen molar-refractivity contribution < 1.29 is 9.53 Å². The van der Waals surface area contributed by atoms with Crippen molar-refractivity contribution in [2.45, 2.75) is 26.4 Å². The molecule has 1 aromatic carbocycles. The monoisotopic (exact) mass is 320 g/mol. The van der Waals surface area contributed by atoms with Crippen LogP contribution in [0.4, 0.5) is 10.5 Å². The molecule has 1 rings (SSSR count). The molecular weight excluding hydrogens is 307 g/mol.